The van der Waals surface area contributed by atoms with Crippen LogP contribution in [-0.2, 0) is 17.8 Å². The van der Waals surface area contributed by atoms with Crippen molar-refractivity contribution in [3.05, 3.63) is 88.9 Å². The van der Waals surface area contributed by atoms with Crippen molar-refractivity contribution in [1.29, 1.82) is 0 Å². The topological polar surface area (TPSA) is 85.0 Å². The van der Waals surface area contributed by atoms with Crippen molar-refractivity contribution in [2.45, 2.75) is 19.5 Å². The van der Waals surface area contributed by atoms with Crippen LogP contribution in [0, 0.1) is 0 Å². The summed E-state index contributed by atoms with van der Waals surface area (Å²) in [5.41, 5.74) is 3.34. The molecule has 0 spiro atoms. The van der Waals surface area contributed by atoms with Crippen molar-refractivity contribution < 1.29 is 19.0 Å². The van der Waals surface area contributed by atoms with Gasteiger partial charge in [0, 0.05) is 49.4 Å². The van der Waals surface area contributed by atoms with Crippen molar-refractivity contribution in [1.82, 2.24) is 15.2 Å². The molecule has 4 aromatic rings. The number of aromatic nitrogens is 1. The minimum absolute atomic E-state index is 0.167. The largest absolute Gasteiger partial charge is 0.494 e. The van der Waals surface area contributed by atoms with Gasteiger partial charge in [0.2, 0.25) is 0 Å². The molecule has 2 aliphatic heterocycles. The van der Waals surface area contributed by atoms with E-state index in [1.165, 1.54) is 0 Å². The number of para-hydroxylation sites is 1. The van der Waals surface area contributed by atoms with E-state index in [1.54, 1.807) is 23.5 Å². The number of ether oxygens (including phenoxy) is 3. The second kappa shape index (κ2) is 12.6. The number of carbonyl (C=O) groups is 1. The predicted octanol–water partition coefficient (Wildman–Crippen LogP) is 5.56. The lowest BCUT2D eigenvalue weighted by Crippen LogP contribution is -2.37. The van der Waals surface area contributed by atoms with E-state index >= 15 is 0 Å². The fourth-order valence-electron chi connectivity index (χ4n) is 4.77. The lowest BCUT2D eigenvalue weighted by Gasteiger charge is -2.26. The van der Waals surface area contributed by atoms with Gasteiger partial charge in [-0.05, 0) is 60.5 Å². The van der Waals surface area contributed by atoms with E-state index in [-0.39, 0.29) is 5.91 Å². The molecule has 0 unspecified atom stereocenters. The highest BCUT2D eigenvalue weighted by atomic mass is 32.1. The molecule has 0 bridgehead atoms. The van der Waals surface area contributed by atoms with Gasteiger partial charge < -0.3 is 24.8 Å². The normalized spacial score (nSPS) is 14.9. The van der Waals surface area contributed by atoms with Crippen LogP contribution in [0.2, 0.25) is 0 Å². The van der Waals surface area contributed by atoms with E-state index in [0.29, 0.717) is 42.4 Å². The number of nitrogens with one attached hydrogen (secondary N) is 2. The second-order valence-electron chi connectivity index (χ2n) is 9.80. The SMILES string of the molecule is O=C1Nc2cc(CNCc3cnc(-c4ccc(OCCCN5CCOCC5)cc4)s3)ccc2Oc2ccccc21. The zero-order valence-corrected chi connectivity index (χ0v) is 23.0. The Morgan fingerprint density at radius 2 is 1.85 bits per heavy atom. The second-order valence-corrected chi connectivity index (χ2v) is 10.9. The van der Waals surface area contributed by atoms with Gasteiger partial charge in [0.15, 0.2) is 5.75 Å². The summed E-state index contributed by atoms with van der Waals surface area (Å²) < 4.78 is 17.3. The summed E-state index contributed by atoms with van der Waals surface area (Å²) in [5, 5.41) is 7.43. The quantitative estimate of drug-likeness (QED) is 0.248. The van der Waals surface area contributed by atoms with Crippen LogP contribution in [0.4, 0.5) is 5.69 Å². The minimum Gasteiger partial charge on any atom is -0.494 e. The summed E-state index contributed by atoms with van der Waals surface area (Å²) in [6.45, 7) is 6.80. The molecule has 8 nitrogen and oxygen atoms in total. The average Bonchev–Trinajstić information content (AvgIpc) is 3.41. The number of anilines is 1. The molecule has 3 heterocycles. The summed E-state index contributed by atoms with van der Waals surface area (Å²) in [4.78, 5) is 20.8. The molecular weight excluding hydrogens is 524 g/mol. The van der Waals surface area contributed by atoms with Gasteiger partial charge in [-0.15, -0.1) is 11.3 Å². The van der Waals surface area contributed by atoms with Gasteiger partial charge in [-0.3, -0.25) is 9.69 Å². The Hall–Kier alpha value is -3.76. The summed E-state index contributed by atoms with van der Waals surface area (Å²) in [7, 11) is 0. The highest BCUT2D eigenvalue weighted by Gasteiger charge is 2.20. The number of thiazole rings is 1. The molecule has 2 aliphatic rings. The first-order valence-electron chi connectivity index (χ1n) is 13.6. The summed E-state index contributed by atoms with van der Waals surface area (Å²) >= 11 is 1.68. The monoisotopic (exact) mass is 556 g/mol. The van der Waals surface area contributed by atoms with E-state index in [1.807, 2.05) is 48.7 Å². The average molecular weight is 557 g/mol. The molecule has 3 aromatic carbocycles. The van der Waals surface area contributed by atoms with Crippen molar-refractivity contribution in [2.75, 3.05) is 44.8 Å². The molecule has 1 saturated heterocycles. The van der Waals surface area contributed by atoms with Gasteiger partial charge in [-0.2, -0.15) is 0 Å². The Bertz CT molecular complexity index is 1450. The molecule has 0 saturated carbocycles. The van der Waals surface area contributed by atoms with Crippen LogP contribution in [-0.4, -0.2) is 55.2 Å². The standard InChI is InChI=1S/C31H32N4O4S/c36-30-26-4-1-2-5-28(26)39-29-11-6-22(18-27(29)34-30)19-32-20-25-21-33-31(40-25)23-7-9-24(10-8-23)38-15-3-12-35-13-16-37-17-14-35/h1-2,4-11,18,21,32H,3,12-17,19-20H2,(H,34,36). The highest BCUT2D eigenvalue weighted by Crippen LogP contribution is 2.36. The number of rotatable bonds is 10. The van der Waals surface area contributed by atoms with E-state index in [9.17, 15) is 4.79 Å². The predicted molar refractivity (Wildman–Crippen MR) is 156 cm³/mol. The number of morpholine rings is 1. The van der Waals surface area contributed by atoms with Crippen LogP contribution in [0.1, 0.15) is 27.2 Å². The third-order valence-corrected chi connectivity index (χ3v) is 7.96. The van der Waals surface area contributed by atoms with Crippen molar-refractivity contribution in [3.8, 4) is 27.8 Å². The minimum atomic E-state index is -0.167. The van der Waals surface area contributed by atoms with Crippen LogP contribution in [0.25, 0.3) is 10.6 Å². The zero-order valence-electron chi connectivity index (χ0n) is 22.2. The maximum absolute atomic E-state index is 12.6. The first kappa shape index (κ1) is 26.5. The van der Waals surface area contributed by atoms with Crippen LogP contribution >= 0.6 is 11.3 Å². The third-order valence-electron chi connectivity index (χ3n) is 6.92. The molecule has 206 valence electrons. The van der Waals surface area contributed by atoms with Gasteiger partial charge >= 0.3 is 0 Å². The Labute approximate surface area is 237 Å². The van der Waals surface area contributed by atoms with Gasteiger partial charge in [0.05, 0.1) is 31.1 Å². The van der Waals surface area contributed by atoms with E-state index in [4.69, 9.17) is 14.2 Å². The molecule has 6 rings (SSSR count). The Kier molecular flexibility index (Phi) is 8.34. The van der Waals surface area contributed by atoms with Gasteiger partial charge in [0.25, 0.3) is 5.91 Å². The summed E-state index contributed by atoms with van der Waals surface area (Å²) in [6.07, 6.45) is 2.93. The third kappa shape index (κ3) is 6.51. The van der Waals surface area contributed by atoms with Crippen LogP contribution in [0.5, 0.6) is 17.2 Å². The van der Waals surface area contributed by atoms with Gasteiger partial charge in [0.1, 0.15) is 16.5 Å². The lowest BCUT2D eigenvalue weighted by atomic mass is 10.1. The summed E-state index contributed by atoms with van der Waals surface area (Å²) in [5.74, 6) is 1.92. The number of nitrogens with zero attached hydrogens (tertiary/aromatic N) is 2. The highest BCUT2D eigenvalue weighted by molar-refractivity contribution is 7.15. The number of fused-ring (bicyclic) bond motifs is 2. The first-order valence-corrected chi connectivity index (χ1v) is 14.4. The van der Waals surface area contributed by atoms with Crippen molar-refractivity contribution in [2.24, 2.45) is 0 Å². The maximum atomic E-state index is 12.6. The number of amides is 1. The number of hydrogen-bond acceptors (Lipinski definition) is 8. The Morgan fingerprint density at radius 3 is 2.73 bits per heavy atom. The molecule has 0 aliphatic carbocycles. The summed E-state index contributed by atoms with van der Waals surface area (Å²) in [6, 6.07) is 21.3. The molecule has 1 aromatic heterocycles. The van der Waals surface area contributed by atoms with Crippen LogP contribution in [0.15, 0.2) is 72.9 Å². The molecule has 0 radical (unpaired) electrons. The number of benzene rings is 3. The fourth-order valence-corrected chi connectivity index (χ4v) is 5.66. The molecule has 1 amide bonds. The smallest absolute Gasteiger partial charge is 0.259 e. The Morgan fingerprint density at radius 1 is 1.00 bits per heavy atom. The number of carbonyl (C=O) groups excluding carboxylic acids is 1. The van der Waals surface area contributed by atoms with Gasteiger partial charge in [-0.25, -0.2) is 4.98 Å². The molecule has 2 N–H and O–H groups in total. The zero-order chi connectivity index (χ0) is 27.1. The van der Waals surface area contributed by atoms with E-state index in [2.05, 4.69) is 32.7 Å². The Balaban J connectivity index is 0.975. The fraction of sp³-hybridized carbons (Fsp3) is 0.290. The van der Waals surface area contributed by atoms with Crippen LogP contribution in [0.3, 0.4) is 0 Å². The van der Waals surface area contributed by atoms with Gasteiger partial charge in [-0.1, -0.05) is 18.2 Å². The number of hydrogen-bond donors (Lipinski definition) is 2. The molecular formula is C31H32N4O4S. The molecule has 40 heavy (non-hydrogen) atoms. The van der Waals surface area contributed by atoms with Crippen molar-refractivity contribution in [3.63, 3.8) is 0 Å². The van der Waals surface area contributed by atoms with E-state index in [0.717, 1.165) is 66.0 Å². The van der Waals surface area contributed by atoms with Crippen LogP contribution < -0.4 is 20.1 Å². The molecule has 0 atom stereocenters. The molecule has 1 fully saturated rings. The van der Waals surface area contributed by atoms with Crippen molar-refractivity contribution >= 4 is 22.9 Å². The molecule has 9 heteroatoms. The maximum Gasteiger partial charge on any atom is 0.259 e. The first-order chi connectivity index (χ1) is 19.7. The van der Waals surface area contributed by atoms with E-state index < -0.39 is 0 Å². The lowest BCUT2D eigenvalue weighted by molar-refractivity contribution is 0.0358.